The Bertz CT molecular complexity index is 422. The van der Waals surface area contributed by atoms with Crippen molar-refractivity contribution in [2.24, 2.45) is 5.41 Å². The highest BCUT2D eigenvalue weighted by atomic mass is 16.5. The SMILES string of the molecule is COC(=O)c1ccc(CNCC2(CO)CCCC2)[nH]1. The smallest absolute Gasteiger partial charge is 0.354 e. The molecule has 0 unspecified atom stereocenters. The second kappa shape index (κ2) is 6.21. The number of esters is 1. The Balaban J connectivity index is 1.82. The number of hydrogen-bond donors (Lipinski definition) is 3. The highest BCUT2D eigenvalue weighted by Crippen LogP contribution is 2.36. The quantitative estimate of drug-likeness (QED) is 0.681. The Morgan fingerprint density at radius 1 is 1.47 bits per heavy atom. The van der Waals surface area contributed by atoms with Crippen molar-refractivity contribution in [3.05, 3.63) is 23.5 Å². The molecule has 19 heavy (non-hydrogen) atoms. The van der Waals surface area contributed by atoms with Gasteiger partial charge in [0.2, 0.25) is 0 Å². The molecule has 106 valence electrons. The fourth-order valence-electron chi connectivity index (χ4n) is 2.75. The van der Waals surface area contributed by atoms with Crippen LogP contribution in [0.5, 0.6) is 0 Å². The molecule has 1 heterocycles. The highest BCUT2D eigenvalue weighted by molar-refractivity contribution is 5.87. The van der Waals surface area contributed by atoms with E-state index in [1.54, 1.807) is 6.07 Å². The van der Waals surface area contributed by atoms with Gasteiger partial charge in [-0.3, -0.25) is 0 Å². The van der Waals surface area contributed by atoms with Crippen LogP contribution in [0, 0.1) is 5.41 Å². The molecule has 1 aliphatic rings. The average Bonchev–Trinajstić information content (AvgIpc) is 3.08. The molecule has 0 spiro atoms. The van der Waals surface area contributed by atoms with E-state index in [2.05, 4.69) is 15.0 Å². The predicted molar refractivity (Wildman–Crippen MR) is 71.8 cm³/mol. The normalized spacial score (nSPS) is 17.6. The van der Waals surface area contributed by atoms with Gasteiger partial charge in [-0.25, -0.2) is 4.79 Å². The molecule has 0 aromatic carbocycles. The van der Waals surface area contributed by atoms with Crippen LogP contribution < -0.4 is 5.32 Å². The van der Waals surface area contributed by atoms with Crippen molar-refractivity contribution in [1.82, 2.24) is 10.3 Å². The largest absolute Gasteiger partial charge is 0.464 e. The lowest BCUT2D eigenvalue weighted by atomic mass is 9.87. The summed E-state index contributed by atoms with van der Waals surface area (Å²) in [5.74, 6) is -0.353. The number of methoxy groups -OCH3 is 1. The van der Waals surface area contributed by atoms with Crippen LogP contribution in [0.25, 0.3) is 0 Å². The van der Waals surface area contributed by atoms with Crippen LogP contribution in [0.1, 0.15) is 41.9 Å². The third-order valence-corrected chi connectivity index (χ3v) is 3.97. The second-order valence-electron chi connectivity index (χ2n) is 5.36. The summed E-state index contributed by atoms with van der Waals surface area (Å²) in [5.41, 5.74) is 1.47. The summed E-state index contributed by atoms with van der Waals surface area (Å²) in [4.78, 5) is 14.3. The van der Waals surface area contributed by atoms with Crippen molar-refractivity contribution in [3.63, 3.8) is 0 Å². The number of H-pyrrole nitrogens is 1. The minimum atomic E-state index is -0.353. The standard InChI is InChI=1S/C14H22N2O3/c1-19-13(18)12-5-4-11(16-12)8-15-9-14(10-17)6-2-3-7-14/h4-5,15-17H,2-3,6-10H2,1H3. The van der Waals surface area contributed by atoms with E-state index in [0.29, 0.717) is 12.2 Å². The number of ether oxygens (including phenoxy) is 1. The third-order valence-electron chi connectivity index (χ3n) is 3.97. The Morgan fingerprint density at radius 2 is 2.21 bits per heavy atom. The van der Waals surface area contributed by atoms with Crippen LogP contribution in [0.3, 0.4) is 0 Å². The summed E-state index contributed by atoms with van der Waals surface area (Å²) < 4.78 is 4.65. The molecule has 1 saturated carbocycles. The molecule has 0 bridgehead atoms. The van der Waals surface area contributed by atoms with Crippen LogP contribution in [0.4, 0.5) is 0 Å². The number of carbonyl (C=O) groups excluding carboxylic acids is 1. The molecule has 1 aliphatic carbocycles. The zero-order chi connectivity index (χ0) is 13.7. The first-order valence-electron chi connectivity index (χ1n) is 6.77. The zero-order valence-electron chi connectivity index (χ0n) is 11.4. The van der Waals surface area contributed by atoms with E-state index in [9.17, 15) is 9.90 Å². The van der Waals surface area contributed by atoms with E-state index in [-0.39, 0.29) is 18.0 Å². The van der Waals surface area contributed by atoms with Gasteiger partial charge in [0.25, 0.3) is 0 Å². The van der Waals surface area contributed by atoms with E-state index < -0.39 is 0 Å². The topological polar surface area (TPSA) is 74.3 Å². The minimum Gasteiger partial charge on any atom is -0.464 e. The van der Waals surface area contributed by atoms with Gasteiger partial charge < -0.3 is 20.1 Å². The molecule has 1 aromatic rings. The van der Waals surface area contributed by atoms with Crippen LogP contribution in [0.15, 0.2) is 12.1 Å². The maximum absolute atomic E-state index is 11.3. The number of rotatable bonds is 6. The van der Waals surface area contributed by atoms with Crippen molar-refractivity contribution in [2.75, 3.05) is 20.3 Å². The van der Waals surface area contributed by atoms with E-state index in [0.717, 1.165) is 25.1 Å². The fraction of sp³-hybridized carbons (Fsp3) is 0.643. The molecular weight excluding hydrogens is 244 g/mol. The van der Waals surface area contributed by atoms with Gasteiger partial charge >= 0.3 is 5.97 Å². The lowest BCUT2D eigenvalue weighted by Crippen LogP contribution is -2.34. The van der Waals surface area contributed by atoms with Gasteiger partial charge in [-0.15, -0.1) is 0 Å². The van der Waals surface area contributed by atoms with Crippen LogP contribution >= 0.6 is 0 Å². The monoisotopic (exact) mass is 266 g/mol. The van der Waals surface area contributed by atoms with Gasteiger partial charge in [-0.05, 0) is 25.0 Å². The number of carbonyl (C=O) groups is 1. The van der Waals surface area contributed by atoms with Gasteiger partial charge in [0.1, 0.15) is 5.69 Å². The van der Waals surface area contributed by atoms with Gasteiger partial charge in [-0.2, -0.15) is 0 Å². The van der Waals surface area contributed by atoms with Crippen molar-refractivity contribution in [1.29, 1.82) is 0 Å². The summed E-state index contributed by atoms with van der Waals surface area (Å²) in [6, 6.07) is 3.60. The van der Waals surface area contributed by atoms with E-state index >= 15 is 0 Å². The number of aliphatic hydroxyl groups is 1. The first-order valence-corrected chi connectivity index (χ1v) is 6.77. The Kier molecular flexibility index (Phi) is 4.61. The van der Waals surface area contributed by atoms with E-state index in [1.807, 2.05) is 6.07 Å². The summed E-state index contributed by atoms with van der Waals surface area (Å²) >= 11 is 0. The number of aromatic amines is 1. The van der Waals surface area contributed by atoms with Gasteiger partial charge in [0, 0.05) is 30.8 Å². The van der Waals surface area contributed by atoms with Gasteiger partial charge in [0.05, 0.1) is 7.11 Å². The van der Waals surface area contributed by atoms with E-state index in [1.165, 1.54) is 20.0 Å². The average molecular weight is 266 g/mol. The number of nitrogens with one attached hydrogen (secondary N) is 2. The lowest BCUT2D eigenvalue weighted by Gasteiger charge is -2.26. The molecule has 5 nitrogen and oxygen atoms in total. The minimum absolute atomic E-state index is 0.0533. The third kappa shape index (κ3) is 3.36. The number of hydrogen-bond acceptors (Lipinski definition) is 4. The Labute approximate surface area is 113 Å². The molecule has 0 atom stereocenters. The molecule has 0 saturated heterocycles. The lowest BCUT2D eigenvalue weighted by molar-refractivity contribution is 0.0594. The molecule has 2 rings (SSSR count). The molecule has 0 aliphatic heterocycles. The van der Waals surface area contributed by atoms with Crippen LogP contribution in [-0.2, 0) is 11.3 Å². The Hall–Kier alpha value is -1.33. The van der Waals surface area contributed by atoms with Gasteiger partial charge in [-0.1, -0.05) is 12.8 Å². The van der Waals surface area contributed by atoms with Gasteiger partial charge in [0.15, 0.2) is 0 Å². The van der Waals surface area contributed by atoms with Crippen molar-refractivity contribution in [3.8, 4) is 0 Å². The predicted octanol–water partition coefficient (Wildman–Crippen LogP) is 1.44. The highest BCUT2D eigenvalue weighted by Gasteiger charge is 2.32. The molecule has 3 N–H and O–H groups in total. The first kappa shape index (κ1) is 14.1. The second-order valence-corrected chi connectivity index (χ2v) is 5.36. The summed E-state index contributed by atoms with van der Waals surface area (Å²) in [6.45, 7) is 1.73. The van der Waals surface area contributed by atoms with Crippen molar-refractivity contribution in [2.45, 2.75) is 32.2 Å². The maximum atomic E-state index is 11.3. The molecular formula is C14H22N2O3. The van der Waals surface area contributed by atoms with E-state index in [4.69, 9.17) is 0 Å². The molecule has 5 heteroatoms. The van der Waals surface area contributed by atoms with Crippen molar-refractivity contribution >= 4 is 5.97 Å². The van der Waals surface area contributed by atoms with Crippen molar-refractivity contribution < 1.29 is 14.6 Å². The number of aromatic nitrogens is 1. The summed E-state index contributed by atoms with van der Waals surface area (Å²) in [7, 11) is 1.37. The molecule has 0 amide bonds. The zero-order valence-corrected chi connectivity index (χ0v) is 11.4. The maximum Gasteiger partial charge on any atom is 0.354 e. The van der Waals surface area contributed by atoms with Crippen LogP contribution in [0.2, 0.25) is 0 Å². The Morgan fingerprint density at radius 3 is 2.84 bits per heavy atom. The first-order chi connectivity index (χ1) is 9.19. The van der Waals surface area contributed by atoms with Crippen LogP contribution in [-0.4, -0.2) is 36.3 Å². The molecule has 1 fully saturated rings. The molecule has 1 aromatic heterocycles. The summed E-state index contributed by atoms with van der Waals surface area (Å²) in [6.07, 6.45) is 4.59. The summed E-state index contributed by atoms with van der Waals surface area (Å²) in [5, 5.41) is 12.9. The molecule has 0 radical (unpaired) electrons. The number of aliphatic hydroxyl groups excluding tert-OH is 1. The fourth-order valence-corrected chi connectivity index (χ4v) is 2.75.